The fourth-order valence-corrected chi connectivity index (χ4v) is 3.37. The Kier molecular flexibility index (Phi) is 5.84. The van der Waals surface area contributed by atoms with Crippen molar-refractivity contribution >= 4 is 11.6 Å². The Morgan fingerprint density at radius 3 is 2.77 bits per heavy atom. The Bertz CT molecular complexity index is 1200. The molecule has 1 amide bonds. The van der Waals surface area contributed by atoms with Gasteiger partial charge in [-0.25, -0.2) is 0 Å². The summed E-state index contributed by atoms with van der Waals surface area (Å²) in [7, 11) is 0. The maximum atomic E-state index is 12.9. The molecule has 1 N–H and O–H groups in total. The summed E-state index contributed by atoms with van der Waals surface area (Å²) in [5.41, 5.74) is 4.76. The molecule has 4 aromatic rings. The zero-order valence-corrected chi connectivity index (χ0v) is 17.8. The molecule has 2 heterocycles. The summed E-state index contributed by atoms with van der Waals surface area (Å²) >= 11 is 0. The highest BCUT2D eigenvalue weighted by Crippen LogP contribution is 2.23. The highest BCUT2D eigenvalue weighted by molar-refractivity contribution is 6.03. The molecule has 0 aliphatic rings. The summed E-state index contributed by atoms with van der Waals surface area (Å²) in [5.74, 6) is 0.985. The molecule has 0 radical (unpaired) electrons. The number of carbonyl (C=O) groups excluding carboxylic acids is 1. The van der Waals surface area contributed by atoms with Crippen LogP contribution in [0.1, 0.15) is 38.5 Å². The first-order valence-corrected chi connectivity index (χ1v) is 10.0. The van der Waals surface area contributed by atoms with Crippen molar-refractivity contribution in [3.8, 4) is 5.75 Å². The van der Waals surface area contributed by atoms with Gasteiger partial charge in [-0.1, -0.05) is 35.0 Å². The van der Waals surface area contributed by atoms with E-state index in [-0.39, 0.29) is 18.2 Å². The minimum atomic E-state index is -0.340. The third-order valence-electron chi connectivity index (χ3n) is 4.99. The standard InChI is InChI=1S/C24H24N4O3/c1-16-8-9-22(17(2)12-16)30-15-21-18(3)31-27-23(21)24(29)26-20-7-4-6-19(13-20)14-28-11-5-10-25-28/h4-13H,14-15H2,1-3H3,(H,26,29). The third-order valence-corrected chi connectivity index (χ3v) is 4.99. The topological polar surface area (TPSA) is 82.2 Å². The first-order chi connectivity index (χ1) is 15.0. The maximum absolute atomic E-state index is 12.9. The van der Waals surface area contributed by atoms with E-state index >= 15 is 0 Å². The smallest absolute Gasteiger partial charge is 0.278 e. The number of rotatable bonds is 7. The van der Waals surface area contributed by atoms with Gasteiger partial charge in [0.1, 0.15) is 18.1 Å². The van der Waals surface area contributed by atoms with Crippen LogP contribution < -0.4 is 10.1 Å². The van der Waals surface area contributed by atoms with Gasteiger partial charge in [0, 0.05) is 18.1 Å². The van der Waals surface area contributed by atoms with Gasteiger partial charge in [-0.05, 0) is 56.2 Å². The summed E-state index contributed by atoms with van der Waals surface area (Å²) < 4.78 is 13.1. The molecule has 0 saturated carbocycles. The van der Waals surface area contributed by atoms with E-state index in [1.807, 2.05) is 67.2 Å². The number of nitrogens with zero attached hydrogens (tertiary/aromatic N) is 3. The fourth-order valence-electron chi connectivity index (χ4n) is 3.37. The minimum absolute atomic E-state index is 0.196. The minimum Gasteiger partial charge on any atom is -0.488 e. The van der Waals surface area contributed by atoms with Gasteiger partial charge in [-0.2, -0.15) is 5.10 Å². The van der Waals surface area contributed by atoms with E-state index in [2.05, 4.69) is 21.6 Å². The Labute approximate surface area is 180 Å². The number of nitrogens with one attached hydrogen (secondary N) is 1. The van der Waals surface area contributed by atoms with E-state index in [1.54, 1.807) is 13.1 Å². The monoisotopic (exact) mass is 416 g/mol. The molecule has 0 spiro atoms. The van der Waals surface area contributed by atoms with Gasteiger partial charge in [0.25, 0.3) is 5.91 Å². The molecular formula is C24H24N4O3. The molecule has 4 rings (SSSR count). The SMILES string of the molecule is Cc1ccc(OCc2c(C(=O)Nc3cccc(Cn4cccn4)c3)noc2C)c(C)c1. The summed E-state index contributed by atoms with van der Waals surface area (Å²) in [6.07, 6.45) is 3.63. The van der Waals surface area contributed by atoms with Crippen LogP contribution in [0, 0.1) is 20.8 Å². The average molecular weight is 416 g/mol. The zero-order valence-electron chi connectivity index (χ0n) is 17.8. The maximum Gasteiger partial charge on any atom is 0.278 e. The highest BCUT2D eigenvalue weighted by Gasteiger charge is 2.21. The average Bonchev–Trinajstić information content (AvgIpc) is 3.37. The van der Waals surface area contributed by atoms with Crippen LogP contribution in [0.5, 0.6) is 5.75 Å². The summed E-state index contributed by atoms with van der Waals surface area (Å²) in [6.45, 7) is 6.62. The van der Waals surface area contributed by atoms with Crippen molar-refractivity contribution in [3.05, 3.63) is 94.6 Å². The Morgan fingerprint density at radius 1 is 1.13 bits per heavy atom. The van der Waals surface area contributed by atoms with Crippen molar-refractivity contribution in [2.24, 2.45) is 0 Å². The number of carbonyl (C=O) groups is 1. The molecule has 0 fully saturated rings. The molecule has 0 aliphatic heterocycles. The zero-order chi connectivity index (χ0) is 21.8. The van der Waals surface area contributed by atoms with E-state index in [4.69, 9.17) is 9.26 Å². The van der Waals surface area contributed by atoms with Gasteiger partial charge in [-0.3, -0.25) is 9.48 Å². The predicted octanol–water partition coefficient (Wildman–Crippen LogP) is 4.68. The molecule has 0 saturated heterocycles. The lowest BCUT2D eigenvalue weighted by atomic mass is 10.1. The molecule has 0 atom stereocenters. The normalized spacial score (nSPS) is 10.8. The van der Waals surface area contributed by atoms with Crippen molar-refractivity contribution in [1.82, 2.24) is 14.9 Å². The molecular weight excluding hydrogens is 392 g/mol. The van der Waals surface area contributed by atoms with E-state index < -0.39 is 0 Å². The van der Waals surface area contributed by atoms with Gasteiger partial charge < -0.3 is 14.6 Å². The lowest BCUT2D eigenvalue weighted by molar-refractivity contribution is 0.101. The third kappa shape index (κ3) is 4.83. The van der Waals surface area contributed by atoms with Crippen LogP contribution in [0.15, 0.2) is 65.4 Å². The molecule has 0 aliphatic carbocycles. The molecule has 158 valence electrons. The van der Waals surface area contributed by atoms with Gasteiger partial charge in [0.05, 0.1) is 12.1 Å². The lowest BCUT2D eigenvalue weighted by Crippen LogP contribution is -2.15. The summed E-state index contributed by atoms with van der Waals surface area (Å²) in [6, 6.07) is 15.5. The first kappa shape index (κ1) is 20.4. The van der Waals surface area contributed by atoms with Crippen LogP contribution in [-0.4, -0.2) is 20.8 Å². The molecule has 7 heteroatoms. The lowest BCUT2D eigenvalue weighted by Gasteiger charge is -2.10. The van der Waals surface area contributed by atoms with E-state index in [9.17, 15) is 4.79 Å². The number of hydrogen-bond donors (Lipinski definition) is 1. The van der Waals surface area contributed by atoms with Gasteiger partial charge >= 0.3 is 0 Å². The van der Waals surface area contributed by atoms with Gasteiger partial charge in [0.2, 0.25) is 0 Å². The number of aromatic nitrogens is 3. The molecule has 0 unspecified atom stereocenters. The number of benzene rings is 2. The van der Waals surface area contributed by atoms with E-state index in [0.29, 0.717) is 23.6 Å². The van der Waals surface area contributed by atoms with Crippen LogP contribution in [0.4, 0.5) is 5.69 Å². The highest BCUT2D eigenvalue weighted by atomic mass is 16.5. The Morgan fingerprint density at radius 2 is 2.00 bits per heavy atom. The predicted molar refractivity (Wildman–Crippen MR) is 117 cm³/mol. The number of ether oxygens (including phenoxy) is 1. The van der Waals surface area contributed by atoms with Crippen LogP contribution in [0.25, 0.3) is 0 Å². The second kappa shape index (κ2) is 8.87. The van der Waals surface area contributed by atoms with E-state index in [0.717, 1.165) is 16.9 Å². The second-order valence-corrected chi connectivity index (χ2v) is 7.48. The fraction of sp³-hybridized carbons (Fsp3) is 0.208. The quantitative estimate of drug-likeness (QED) is 0.473. The van der Waals surface area contributed by atoms with Crippen molar-refractivity contribution in [1.29, 1.82) is 0 Å². The molecule has 31 heavy (non-hydrogen) atoms. The largest absolute Gasteiger partial charge is 0.488 e. The number of hydrogen-bond acceptors (Lipinski definition) is 5. The van der Waals surface area contributed by atoms with Crippen LogP contribution in [0.3, 0.4) is 0 Å². The first-order valence-electron chi connectivity index (χ1n) is 10.0. The number of aryl methyl sites for hydroxylation is 3. The van der Waals surface area contributed by atoms with Crippen LogP contribution in [-0.2, 0) is 13.2 Å². The summed E-state index contributed by atoms with van der Waals surface area (Å²) in [5, 5.41) is 11.1. The summed E-state index contributed by atoms with van der Waals surface area (Å²) in [4.78, 5) is 12.9. The van der Waals surface area contributed by atoms with Crippen molar-refractivity contribution in [2.45, 2.75) is 33.9 Å². The number of amides is 1. The molecule has 0 bridgehead atoms. The van der Waals surface area contributed by atoms with Crippen molar-refractivity contribution in [2.75, 3.05) is 5.32 Å². The van der Waals surface area contributed by atoms with Crippen molar-refractivity contribution < 1.29 is 14.1 Å². The van der Waals surface area contributed by atoms with Crippen LogP contribution >= 0.6 is 0 Å². The second-order valence-electron chi connectivity index (χ2n) is 7.48. The van der Waals surface area contributed by atoms with Crippen LogP contribution in [0.2, 0.25) is 0 Å². The Hall–Kier alpha value is -3.87. The molecule has 7 nitrogen and oxygen atoms in total. The molecule has 2 aromatic carbocycles. The van der Waals surface area contributed by atoms with Gasteiger partial charge in [-0.15, -0.1) is 0 Å². The Balaban J connectivity index is 1.47. The van der Waals surface area contributed by atoms with Crippen molar-refractivity contribution in [3.63, 3.8) is 0 Å². The van der Waals surface area contributed by atoms with E-state index in [1.165, 1.54) is 5.56 Å². The van der Waals surface area contributed by atoms with Gasteiger partial charge in [0.15, 0.2) is 5.69 Å². The number of anilines is 1. The molecule has 2 aromatic heterocycles.